The number of aliphatic hydroxyl groups is 2. The minimum atomic E-state index is -0.935. The van der Waals surface area contributed by atoms with Crippen molar-refractivity contribution in [3.8, 4) is 11.5 Å². The Kier molecular flexibility index (Phi) is 6.72. The molecule has 0 fully saturated rings. The van der Waals surface area contributed by atoms with Gasteiger partial charge in [-0.15, -0.1) is 0 Å². The fourth-order valence-corrected chi connectivity index (χ4v) is 2.55. The molecule has 0 radical (unpaired) electrons. The zero-order valence-electron chi connectivity index (χ0n) is 13.0. The molecular formula is C17H26O4. The highest BCUT2D eigenvalue weighted by Gasteiger charge is 2.28. The van der Waals surface area contributed by atoms with Crippen LogP contribution in [0.3, 0.4) is 0 Å². The summed E-state index contributed by atoms with van der Waals surface area (Å²) in [6.07, 6.45) is 5.63. The maximum atomic E-state index is 10.6. The zero-order chi connectivity index (χ0) is 15.9. The zero-order valence-corrected chi connectivity index (χ0v) is 13.0. The Morgan fingerprint density at radius 2 is 2.10 bits per heavy atom. The van der Waals surface area contributed by atoms with Gasteiger partial charge in [0.25, 0.3) is 0 Å². The van der Waals surface area contributed by atoms with Gasteiger partial charge in [-0.2, -0.15) is 0 Å². The Morgan fingerprint density at radius 3 is 2.67 bits per heavy atom. The van der Waals surface area contributed by atoms with Gasteiger partial charge in [0.1, 0.15) is 0 Å². The summed E-state index contributed by atoms with van der Waals surface area (Å²) in [7, 11) is 1.51. The van der Waals surface area contributed by atoms with E-state index < -0.39 is 5.60 Å². The summed E-state index contributed by atoms with van der Waals surface area (Å²) in [6.45, 7) is 3.77. The van der Waals surface area contributed by atoms with Gasteiger partial charge < -0.3 is 20.1 Å². The molecule has 1 aromatic rings. The largest absolute Gasteiger partial charge is 0.504 e. The second kappa shape index (κ2) is 8.05. The van der Waals surface area contributed by atoms with Crippen LogP contribution < -0.4 is 4.74 Å². The number of aromatic hydroxyl groups is 1. The predicted molar refractivity (Wildman–Crippen MR) is 83.6 cm³/mol. The van der Waals surface area contributed by atoms with Gasteiger partial charge in [-0.05, 0) is 56.7 Å². The molecule has 2 atom stereocenters. The number of hydrogen-bond donors (Lipinski definition) is 3. The monoisotopic (exact) mass is 294 g/mol. The molecule has 0 aliphatic rings. The summed E-state index contributed by atoms with van der Waals surface area (Å²) in [5.41, 5.74) is 0.0482. The molecule has 0 spiro atoms. The number of phenolic OH excluding ortho intramolecular Hbond substituents is 1. The third kappa shape index (κ3) is 5.06. The Bertz CT molecular complexity index is 466. The Labute approximate surface area is 126 Å². The lowest BCUT2D eigenvalue weighted by Gasteiger charge is -2.30. The SMILES string of the molecule is C/C=C\C(C)(O)[C@H](CCCO)Cc1ccc(O)c(OC)c1. The van der Waals surface area contributed by atoms with Crippen molar-refractivity contribution in [2.24, 2.45) is 5.92 Å². The summed E-state index contributed by atoms with van der Waals surface area (Å²) in [5, 5.41) is 29.3. The minimum absolute atomic E-state index is 0.0184. The van der Waals surface area contributed by atoms with E-state index in [-0.39, 0.29) is 18.3 Å². The molecule has 0 aliphatic heterocycles. The molecular weight excluding hydrogens is 268 g/mol. The topological polar surface area (TPSA) is 69.9 Å². The molecule has 0 aliphatic carbocycles. The van der Waals surface area contributed by atoms with Crippen LogP contribution in [-0.4, -0.2) is 34.6 Å². The van der Waals surface area contributed by atoms with Gasteiger partial charge in [-0.1, -0.05) is 18.2 Å². The number of aliphatic hydroxyl groups excluding tert-OH is 1. The lowest BCUT2D eigenvalue weighted by Crippen LogP contribution is -2.34. The van der Waals surface area contributed by atoms with Gasteiger partial charge in [0, 0.05) is 6.61 Å². The van der Waals surface area contributed by atoms with Gasteiger partial charge in [0.05, 0.1) is 12.7 Å². The average Bonchev–Trinajstić information content (AvgIpc) is 2.44. The lowest BCUT2D eigenvalue weighted by atomic mass is 9.81. The Balaban J connectivity index is 2.95. The maximum absolute atomic E-state index is 10.6. The van der Waals surface area contributed by atoms with Crippen LogP contribution in [0.25, 0.3) is 0 Å². The van der Waals surface area contributed by atoms with Crippen LogP contribution in [-0.2, 0) is 6.42 Å². The van der Waals surface area contributed by atoms with E-state index in [2.05, 4.69) is 0 Å². The van der Waals surface area contributed by atoms with Gasteiger partial charge in [-0.25, -0.2) is 0 Å². The van der Waals surface area contributed by atoms with Gasteiger partial charge in [0.2, 0.25) is 0 Å². The third-order valence-corrected chi connectivity index (χ3v) is 3.77. The third-order valence-electron chi connectivity index (χ3n) is 3.77. The number of phenols is 1. The first-order chi connectivity index (χ1) is 9.94. The number of allylic oxidation sites excluding steroid dienone is 1. The molecule has 0 bridgehead atoms. The van der Waals surface area contributed by atoms with Crippen LogP contribution in [0.15, 0.2) is 30.4 Å². The van der Waals surface area contributed by atoms with Crippen molar-refractivity contribution in [3.63, 3.8) is 0 Å². The predicted octanol–water partition coefficient (Wildman–Crippen LogP) is 2.66. The highest BCUT2D eigenvalue weighted by molar-refractivity contribution is 5.42. The Morgan fingerprint density at radius 1 is 1.38 bits per heavy atom. The molecule has 0 heterocycles. The number of hydrogen-bond acceptors (Lipinski definition) is 4. The Hall–Kier alpha value is -1.52. The van der Waals surface area contributed by atoms with Crippen molar-refractivity contribution < 1.29 is 20.1 Å². The smallest absolute Gasteiger partial charge is 0.160 e. The van der Waals surface area contributed by atoms with Crippen molar-refractivity contribution in [1.82, 2.24) is 0 Å². The van der Waals surface area contributed by atoms with E-state index >= 15 is 0 Å². The van der Waals surface area contributed by atoms with Crippen molar-refractivity contribution in [3.05, 3.63) is 35.9 Å². The van der Waals surface area contributed by atoms with Gasteiger partial charge in [-0.3, -0.25) is 0 Å². The second-order valence-corrected chi connectivity index (χ2v) is 5.50. The molecule has 1 rings (SSSR count). The van der Waals surface area contributed by atoms with E-state index in [0.717, 1.165) is 12.0 Å². The van der Waals surface area contributed by atoms with Crippen molar-refractivity contribution in [2.45, 2.75) is 38.7 Å². The summed E-state index contributed by atoms with van der Waals surface area (Å²) in [6, 6.07) is 5.21. The summed E-state index contributed by atoms with van der Waals surface area (Å²) in [4.78, 5) is 0. The summed E-state index contributed by atoms with van der Waals surface area (Å²) in [5.74, 6) is 0.516. The number of rotatable bonds is 8. The molecule has 4 nitrogen and oxygen atoms in total. The van der Waals surface area contributed by atoms with Crippen LogP contribution in [0, 0.1) is 5.92 Å². The average molecular weight is 294 g/mol. The molecule has 1 unspecified atom stereocenters. The molecule has 118 valence electrons. The standard InChI is InChI=1S/C17H26O4/c1-4-9-17(2,20)14(6-5-10-18)11-13-7-8-15(19)16(12-13)21-3/h4,7-9,12,14,18-20H,5-6,10-11H2,1-3H3/b9-4-/t14-,17?/m1/s1. The first-order valence-corrected chi connectivity index (χ1v) is 7.27. The number of ether oxygens (including phenoxy) is 1. The van der Waals surface area contributed by atoms with E-state index in [1.807, 2.05) is 19.1 Å². The molecule has 0 aromatic heterocycles. The van der Waals surface area contributed by atoms with E-state index in [1.165, 1.54) is 7.11 Å². The normalized spacial score (nSPS) is 15.9. The molecule has 4 heteroatoms. The van der Waals surface area contributed by atoms with Crippen molar-refractivity contribution >= 4 is 0 Å². The fraction of sp³-hybridized carbons (Fsp3) is 0.529. The van der Waals surface area contributed by atoms with Gasteiger partial charge >= 0.3 is 0 Å². The maximum Gasteiger partial charge on any atom is 0.160 e. The van der Waals surface area contributed by atoms with E-state index in [1.54, 1.807) is 25.1 Å². The van der Waals surface area contributed by atoms with Crippen LogP contribution in [0.4, 0.5) is 0 Å². The quantitative estimate of drug-likeness (QED) is 0.645. The number of methoxy groups -OCH3 is 1. The lowest BCUT2D eigenvalue weighted by molar-refractivity contribution is 0.0385. The first-order valence-electron chi connectivity index (χ1n) is 7.27. The highest BCUT2D eigenvalue weighted by atomic mass is 16.5. The van der Waals surface area contributed by atoms with Crippen LogP contribution in [0.1, 0.15) is 32.3 Å². The summed E-state index contributed by atoms with van der Waals surface area (Å²) >= 11 is 0. The van der Waals surface area contributed by atoms with Crippen LogP contribution in [0.5, 0.6) is 11.5 Å². The van der Waals surface area contributed by atoms with E-state index in [9.17, 15) is 10.2 Å². The molecule has 0 amide bonds. The minimum Gasteiger partial charge on any atom is -0.504 e. The van der Waals surface area contributed by atoms with Crippen molar-refractivity contribution in [2.75, 3.05) is 13.7 Å². The molecule has 1 aromatic carbocycles. The molecule has 3 N–H and O–H groups in total. The first kappa shape index (κ1) is 17.5. The van der Waals surface area contributed by atoms with E-state index in [4.69, 9.17) is 9.84 Å². The van der Waals surface area contributed by atoms with Crippen molar-refractivity contribution in [1.29, 1.82) is 0 Å². The van der Waals surface area contributed by atoms with Crippen LogP contribution in [0.2, 0.25) is 0 Å². The van der Waals surface area contributed by atoms with Crippen LogP contribution >= 0.6 is 0 Å². The van der Waals surface area contributed by atoms with E-state index in [0.29, 0.717) is 18.6 Å². The number of benzene rings is 1. The second-order valence-electron chi connectivity index (χ2n) is 5.50. The summed E-state index contributed by atoms with van der Waals surface area (Å²) < 4.78 is 5.11. The fourth-order valence-electron chi connectivity index (χ4n) is 2.55. The molecule has 0 saturated heterocycles. The van der Waals surface area contributed by atoms with Gasteiger partial charge in [0.15, 0.2) is 11.5 Å². The highest BCUT2D eigenvalue weighted by Crippen LogP contribution is 2.31. The molecule has 21 heavy (non-hydrogen) atoms. The molecule has 0 saturated carbocycles.